The molecule has 0 aromatic heterocycles. The van der Waals surface area contributed by atoms with E-state index in [2.05, 4.69) is 10.0 Å². The average molecular weight is 260 g/mol. The van der Waals surface area contributed by atoms with Gasteiger partial charge in [-0.3, -0.25) is 0 Å². The van der Waals surface area contributed by atoms with Crippen molar-refractivity contribution in [2.45, 2.75) is 11.0 Å². The molecule has 17 heavy (non-hydrogen) atoms. The molecule has 92 valence electrons. The minimum atomic E-state index is -3.98. The molecular weight excluding hydrogens is 251 g/mol. The van der Waals surface area contributed by atoms with Gasteiger partial charge in [-0.15, -0.1) is 0 Å². The molecule has 0 spiro atoms. The van der Waals surface area contributed by atoms with Crippen LogP contribution in [0.15, 0.2) is 28.2 Å². The Morgan fingerprint density at radius 1 is 1.59 bits per heavy atom. The zero-order valence-corrected chi connectivity index (χ0v) is 9.30. The number of sulfonamides is 1. The lowest BCUT2D eigenvalue weighted by Crippen LogP contribution is -2.14. The van der Waals surface area contributed by atoms with E-state index in [0.29, 0.717) is 0 Å². The monoisotopic (exact) mass is 260 g/mol. The quantitative estimate of drug-likeness (QED) is 0.472. The number of aliphatic hydroxyl groups excluding tert-OH is 1. The van der Waals surface area contributed by atoms with Gasteiger partial charge in [0, 0.05) is 10.5 Å². The Kier molecular flexibility index (Phi) is 4.02. The zero-order chi connectivity index (χ0) is 13.1. The first-order chi connectivity index (χ1) is 7.86. The first-order valence-electron chi connectivity index (χ1n) is 4.37. The Labute approximate surface area is 96.4 Å². The van der Waals surface area contributed by atoms with E-state index in [0.717, 1.165) is 18.2 Å². The number of halogens is 1. The van der Waals surface area contributed by atoms with Gasteiger partial charge in [-0.1, -0.05) is 5.11 Å². The summed E-state index contributed by atoms with van der Waals surface area (Å²) in [5.74, 6) is -0.807. The normalized spacial score (nSPS) is 12.9. The van der Waals surface area contributed by atoms with Gasteiger partial charge in [0.25, 0.3) is 0 Å². The van der Waals surface area contributed by atoms with Gasteiger partial charge in [0.05, 0.1) is 17.5 Å². The molecule has 0 aliphatic carbocycles. The maximum atomic E-state index is 13.3. The number of aliphatic hydroxyl groups is 1. The predicted molar refractivity (Wildman–Crippen MR) is 56.7 cm³/mol. The summed E-state index contributed by atoms with van der Waals surface area (Å²) in [6.45, 7) is -0.401. The van der Waals surface area contributed by atoms with E-state index in [1.54, 1.807) is 0 Å². The fourth-order valence-electron chi connectivity index (χ4n) is 1.17. The smallest absolute Gasteiger partial charge is 0.238 e. The highest BCUT2D eigenvalue weighted by Gasteiger charge is 2.16. The summed E-state index contributed by atoms with van der Waals surface area (Å²) in [5, 5.41) is 17.4. The maximum absolute atomic E-state index is 13.3. The molecule has 0 amide bonds. The Morgan fingerprint density at radius 3 is 2.76 bits per heavy atom. The Balaban J connectivity index is 3.19. The van der Waals surface area contributed by atoms with Crippen LogP contribution >= 0.6 is 0 Å². The molecule has 3 N–H and O–H groups in total. The summed E-state index contributed by atoms with van der Waals surface area (Å²) in [6.07, 6.45) is -1.42. The zero-order valence-electron chi connectivity index (χ0n) is 8.49. The van der Waals surface area contributed by atoms with Crippen LogP contribution in [0, 0.1) is 5.82 Å². The van der Waals surface area contributed by atoms with E-state index < -0.39 is 28.5 Å². The van der Waals surface area contributed by atoms with Crippen LogP contribution in [0.5, 0.6) is 0 Å². The van der Waals surface area contributed by atoms with Gasteiger partial charge in [0.15, 0.2) is 0 Å². The number of rotatable bonds is 4. The topological polar surface area (TPSA) is 129 Å². The molecule has 7 nitrogen and oxygen atoms in total. The third kappa shape index (κ3) is 3.40. The van der Waals surface area contributed by atoms with Gasteiger partial charge in [-0.05, 0) is 23.7 Å². The van der Waals surface area contributed by atoms with Crippen LogP contribution in [0.1, 0.15) is 11.7 Å². The summed E-state index contributed by atoms with van der Waals surface area (Å²) in [7, 11) is -3.98. The molecule has 0 heterocycles. The van der Waals surface area contributed by atoms with Crippen LogP contribution in [0.25, 0.3) is 10.4 Å². The first-order valence-corrected chi connectivity index (χ1v) is 5.92. The van der Waals surface area contributed by atoms with Crippen molar-refractivity contribution in [3.63, 3.8) is 0 Å². The average Bonchev–Trinajstić information content (AvgIpc) is 2.24. The minimum absolute atomic E-state index is 0.288. The number of benzene rings is 1. The Bertz CT molecular complexity index is 568. The molecule has 0 saturated carbocycles. The van der Waals surface area contributed by atoms with Crippen molar-refractivity contribution in [1.82, 2.24) is 0 Å². The van der Waals surface area contributed by atoms with Crippen LogP contribution < -0.4 is 5.14 Å². The SMILES string of the molecule is [N-]=[N+]=NCC(O)c1cc(S(N)(=O)=O)ccc1F. The summed E-state index contributed by atoms with van der Waals surface area (Å²) in [6, 6.07) is 2.76. The summed E-state index contributed by atoms with van der Waals surface area (Å²) in [5.41, 5.74) is 7.76. The van der Waals surface area contributed by atoms with Crippen LogP contribution in [-0.4, -0.2) is 20.1 Å². The fourth-order valence-corrected chi connectivity index (χ4v) is 1.72. The predicted octanol–water partition coefficient (Wildman–Crippen LogP) is 0.817. The van der Waals surface area contributed by atoms with Crippen LogP contribution in [0.3, 0.4) is 0 Å². The van der Waals surface area contributed by atoms with Gasteiger partial charge in [-0.25, -0.2) is 17.9 Å². The molecule has 0 aliphatic heterocycles. The maximum Gasteiger partial charge on any atom is 0.238 e. The van der Waals surface area contributed by atoms with E-state index in [1.165, 1.54) is 0 Å². The highest BCUT2D eigenvalue weighted by Crippen LogP contribution is 2.21. The second-order valence-electron chi connectivity index (χ2n) is 3.16. The first kappa shape index (κ1) is 13.4. The largest absolute Gasteiger partial charge is 0.388 e. The van der Waals surface area contributed by atoms with E-state index >= 15 is 0 Å². The third-order valence-electron chi connectivity index (χ3n) is 1.97. The lowest BCUT2D eigenvalue weighted by molar-refractivity contribution is 0.181. The highest BCUT2D eigenvalue weighted by atomic mass is 32.2. The second-order valence-corrected chi connectivity index (χ2v) is 4.72. The number of nitrogens with zero attached hydrogens (tertiary/aromatic N) is 3. The van der Waals surface area contributed by atoms with Crippen LogP contribution in [0.4, 0.5) is 4.39 Å². The van der Waals surface area contributed by atoms with Crippen LogP contribution in [0.2, 0.25) is 0 Å². The molecule has 1 rings (SSSR count). The molecule has 1 aromatic carbocycles. The van der Waals surface area contributed by atoms with Crippen molar-refractivity contribution in [2.75, 3.05) is 6.54 Å². The molecule has 9 heteroatoms. The number of azide groups is 1. The van der Waals surface area contributed by atoms with Crippen molar-refractivity contribution >= 4 is 10.0 Å². The number of hydrogen-bond acceptors (Lipinski definition) is 4. The van der Waals surface area contributed by atoms with Gasteiger partial charge in [-0.2, -0.15) is 0 Å². The molecule has 0 aliphatic rings. The fraction of sp³-hybridized carbons (Fsp3) is 0.250. The van der Waals surface area contributed by atoms with E-state index in [-0.39, 0.29) is 10.5 Å². The lowest BCUT2D eigenvalue weighted by Gasteiger charge is -2.10. The van der Waals surface area contributed by atoms with Gasteiger partial charge in [0.1, 0.15) is 5.82 Å². The lowest BCUT2D eigenvalue weighted by atomic mass is 10.1. The van der Waals surface area contributed by atoms with Crippen LogP contribution in [-0.2, 0) is 10.0 Å². The molecule has 1 unspecified atom stereocenters. The van der Waals surface area contributed by atoms with Gasteiger partial charge >= 0.3 is 0 Å². The number of primary sulfonamides is 1. The summed E-state index contributed by atoms with van der Waals surface area (Å²) < 4.78 is 35.4. The molecule has 0 fully saturated rings. The van der Waals surface area contributed by atoms with Crippen molar-refractivity contribution in [1.29, 1.82) is 0 Å². The van der Waals surface area contributed by atoms with E-state index in [4.69, 9.17) is 10.7 Å². The van der Waals surface area contributed by atoms with Crippen molar-refractivity contribution in [3.8, 4) is 0 Å². The second kappa shape index (κ2) is 5.11. The van der Waals surface area contributed by atoms with E-state index in [9.17, 15) is 17.9 Å². The molecule has 0 saturated heterocycles. The molecule has 0 bridgehead atoms. The summed E-state index contributed by atoms with van der Waals surface area (Å²) >= 11 is 0. The molecule has 0 radical (unpaired) electrons. The Morgan fingerprint density at radius 2 is 2.24 bits per heavy atom. The van der Waals surface area contributed by atoms with Crippen molar-refractivity contribution in [2.24, 2.45) is 10.3 Å². The minimum Gasteiger partial charge on any atom is -0.388 e. The standard InChI is InChI=1S/C8H9FN4O3S/c9-7-2-1-5(17(11,15)16)3-6(7)8(14)4-12-13-10/h1-3,8,14H,4H2,(H2,11,15,16). The van der Waals surface area contributed by atoms with Crippen molar-refractivity contribution in [3.05, 3.63) is 40.0 Å². The summed E-state index contributed by atoms with van der Waals surface area (Å²) in [4.78, 5) is 2.08. The molecular formula is C8H9FN4O3S. The van der Waals surface area contributed by atoms with Gasteiger partial charge in [0.2, 0.25) is 10.0 Å². The molecule has 1 aromatic rings. The van der Waals surface area contributed by atoms with Gasteiger partial charge < -0.3 is 5.11 Å². The van der Waals surface area contributed by atoms with E-state index in [1.807, 2.05) is 0 Å². The van der Waals surface area contributed by atoms with Crippen molar-refractivity contribution < 1.29 is 17.9 Å². The number of hydrogen-bond donors (Lipinski definition) is 2. The highest BCUT2D eigenvalue weighted by molar-refractivity contribution is 7.89. The number of nitrogens with two attached hydrogens (primary N) is 1. The Hall–Kier alpha value is -1.67. The molecule has 1 atom stereocenters. The third-order valence-corrected chi connectivity index (χ3v) is 2.88.